The number of ether oxygens (including phenoxy) is 1. The van der Waals surface area contributed by atoms with Crippen molar-refractivity contribution in [1.82, 2.24) is 9.78 Å². The van der Waals surface area contributed by atoms with Crippen LogP contribution in [0.1, 0.15) is 17.2 Å². The predicted molar refractivity (Wildman–Crippen MR) is 64.7 cm³/mol. The molecule has 1 aromatic carbocycles. The molecule has 0 saturated heterocycles. The lowest BCUT2D eigenvalue weighted by atomic mass is 10.0. The van der Waals surface area contributed by atoms with Crippen molar-refractivity contribution in [3.8, 4) is 5.75 Å². The molecule has 2 aromatic rings. The van der Waals surface area contributed by atoms with Crippen molar-refractivity contribution >= 4 is 5.69 Å². The fraction of sp³-hybridized carbons (Fsp3) is 0.250. The lowest BCUT2D eigenvalue weighted by molar-refractivity contribution is 0.220. The van der Waals surface area contributed by atoms with E-state index >= 15 is 0 Å². The fourth-order valence-electron chi connectivity index (χ4n) is 1.68. The normalized spacial score (nSPS) is 12.4. The summed E-state index contributed by atoms with van der Waals surface area (Å²) in [6.45, 7) is 0. The van der Waals surface area contributed by atoms with Gasteiger partial charge >= 0.3 is 0 Å². The van der Waals surface area contributed by atoms with E-state index in [-0.39, 0.29) is 0 Å². The average Bonchev–Trinajstić information content (AvgIpc) is 2.76. The highest BCUT2D eigenvalue weighted by Gasteiger charge is 2.15. The van der Waals surface area contributed by atoms with E-state index in [1.165, 1.54) is 0 Å². The Bertz CT molecular complexity index is 522. The predicted octanol–water partition coefficient (Wildman–Crippen LogP) is 1.09. The van der Waals surface area contributed by atoms with Gasteiger partial charge in [-0.05, 0) is 18.2 Å². The molecule has 0 spiro atoms. The number of hydrogen-bond donors (Lipinski definition) is 2. The zero-order chi connectivity index (χ0) is 12.4. The molecule has 0 bridgehead atoms. The van der Waals surface area contributed by atoms with Gasteiger partial charge in [-0.1, -0.05) is 0 Å². The lowest BCUT2D eigenvalue weighted by Crippen LogP contribution is -2.03. The molecular formula is C12H15N3O2. The molecule has 2 rings (SSSR count). The number of rotatable bonds is 3. The number of anilines is 1. The maximum absolute atomic E-state index is 10.2. The van der Waals surface area contributed by atoms with Crippen LogP contribution >= 0.6 is 0 Å². The van der Waals surface area contributed by atoms with E-state index in [0.29, 0.717) is 22.6 Å². The van der Waals surface area contributed by atoms with Crippen molar-refractivity contribution in [3.05, 3.63) is 41.7 Å². The van der Waals surface area contributed by atoms with Gasteiger partial charge in [0.15, 0.2) is 0 Å². The van der Waals surface area contributed by atoms with Crippen molar-refractivity contribution < 1.29 is 9.84 Å². The number of aryl methyl sites for hydroxylation is 1. The van der Waals surface area contributed by atoms with E-state index in [2.05, 4.69) is 5.10 Å². The smallest absolute Gasteiger partial charge is 0.119 e. The van der Waals surface area contributed by atoms with Gasteiger partial charge in [-0.25, -0.2) is 0 Å². The number of methoxy groups -OCH3 is 1. The summed E-state index contributed by atoms with van der Waals surface area (Å²) in [5.74, 6) is 0.664. The summed E-state index contributed by atoms with van der Waals surface area (Å²) >= 11 is 0. The highest BCUT2D eigenvalue weighted by Crippen LogP contribution is 2.29. The summed E-state index contributed by atoms with van der Waals surface area (Å²) < 4.78 is 6.75. The van der Waals surface area contributed by atoms with E-state index < -0.39 is 6.10 Å². The Morgan fingerprint density at radius 1 is 1.47 bits per heavy atom. The van der Waals surface area contributed by atoms with Gasteiger partial charge in [-0.2, -0.15) is 5.10 Å². The molecule has 5 heteroatoms. The highest BCUT2D eigenvalue weighted by molar-refractivity contribution is 5.53. The molecule has 0 aliphatic heterocycles. The molecule has 0 aliphatic rings. The summed E-state index contributed by atoms with van der Waals surface area (Å²) in [7, 11) is 3.37. The summed E-state index contributed by atoms with van der Waals surface area (Å²) in [6, 6.07) is 5.20. The zero-order valence-corrected chi connectivity index (χ0v) is 9.79. The number of aliphatic hydroxyl groups excluding tert-OH is 1. The van der Waals surface area contributed by atoms with Gasteiger partial charge in [0.05, 0.1) is 13.3 Å². The quantitative estimate of drug-likeness (QED) is 0.778. The van der Waals surface area contributed by atoms with Crippen molar-refractivity contribution in [1.29, 1.82) is 0 Å². The third-order valence-electron chi connectivity index (χ3n) is 2.63. The minimum Gasteiger partial charge on any atom is -0.497 e. The van der Waals surface area contributed by atoms with Crippen LogP contribution in [0.25, 0.3) is 0 Å². The monoisotopic (exact) mass is 233 g/mol. The Balaban J connectivity index is 2.39. The molecule has 1 aromatic heterocycles. The Morgan fingerprint density at radius 2 is 2.24 bits per heavy atom. The van der Waals surface area contributed by atoms with Crippen LogP contribution in [0.5, 0.6) is 5.75 Å². The van der Waals surface area contributed by atoms with Gasteiger partial charge in [0.1, 0.15) is 11.9 Å². The van der Waals surface area contributed by atoms with Gasteiger partial charge in [0, 0.05) is 30.1 Å². The van der Waals surface area contributed by atoms with Crippen molar-refractivity contribution in [3.63, 3.8) is 0 Å². The molecule has 17 heavy (non-hydrogen) atoms. The zero-order valence-electron chi connectivity index (χ0n) is 9.79. The van der Waals surface area contributed by atoms with Crippen LogP contribution in [0.4, 0.5) is 5.69 Å². The van der Waals surface area contributed by atoms with Crippen LogP contribution < -0.4 is 10.5 Å². The number of nitrogens with zero attached hydrogens (tertiary/aromatic N) is 2. The lowest BCUT2D eigenvalue weighted by Gasteiger charge is -2.13. The van der Waals surface area contributed by atoms with Crippen molar-refractivity contribution in [2.24, 2.45) is 7.05 Å². The maximum Gasteiger partial charge on any atom is 0.119 e. The first-order valence-electron chi connectivity index (χ1n) is 5.22. The van der Waals surface area contributed by atoms with Crippen molar-refractivity contribution in [2.45, 2.75) is 6.10 Å². The van der Waals surface area contributed by atoms with E-state index in [4.69, 9.17) is 10.5 Å². The Kier molecular flexibility index (Phi) is 3.01. The Morgan fingerprint density at radius 3 is 2.82 bits per heavy atom. The molecule has 0 amide bonds. The second kappa shape index (κ2) is 4.47. The summed E-state index contributed by atoms with van der Waals surface area (Å²) in [5.41, 5.74) is 7.70. The molecule has 0 fully saturated rings. The van der Waals surface area contributed by atoms with Gasteiger partial charge in [0.25, 0.3) is 0 Å². The highest BCUT2D eigenvalue weighted by atomic mass is 16.5. The van der Waals surface area contributed by atoms with Gasteiger partial charge in [-0.15, -0.1) is 0 Å². The first-order valence-corrected chi connectivity index (χ1v) is 5.22. The molecule has 0 aliphatic carbocycles. The number of nitrogens with two attached hydrogens (primary N) is 1. The van der Waals surface area contributed by atoms with Gasteiger partial charge in [-0.3, -0.25) is 4.68 Å². The Hall–Kier alpha value is -2.01. The molecule has 1 atom stereocenters. The number of nitrogen functional groups attached to an aromatic ring is 1. The first-order chi connectivity index (χ1) is 8.11. The number of aromatic nitrogens is 2. The second-order valence-electron chi connectivity index (χ2n) is 3.84. The molecule has 1 unspecified atom stereocenters. The Labute approximate surface area is 99.4 Å². The van der Waals surface area contributed by atoms with Crippen molar-refractivity contribution in [2.75, 3.05) is 12.8 Å². The molecule has 5 nitrogen and oxygen atoms in total. The number of benzene rings is 1. The van der Waals surface area contributed by atoms with E-state index in [0.717, 1.165) is 0 Å². The summed E-state index contributed by atoms with van der Waals surface area (Å²) in [4.78, 5) is 0. The molecular weight excluding hydrogens is 218 g/mol. The van der Waals surface area contributed by atoms with Crippen LogP contribution in [-0.2, 0) is 7.05 Å². The third-order valence-corrected chi connectivity index (χ3v) is 2.63. The van der Waals surface area contributed by atoms with Crippen LogP contribution in [0.15, 0.2) is 30.6 Å². The summed E-state index contributed by atoms with van der Waals surface area (Å²) in [6.07, 6.45) is 2.58. The van der Waals surface area contributed by atoms with Gasteiger partial charge in [0.2, 0.25) is 0 Å². The van der Waals surface area contributed by atoms with Crippen LogP contribution in [-0.4, -0.2) is 22.0 Å². The van der Waals surface area contributed by atoms with Crippen LogP contribution in [0.2, 0.25) is 0 Å². The standard InChI is InChI=1S/C12H15N3O2/c1-15-7-8(6-14-15)12(16)10-5-9(17-2)3-4-11(10)13/h3-7,12,16H,13H2,1-2H3. The van der Waals surface area contributed by atoms with Crippen LogP contribution in [0.3, 0.4) is 0 Å². The largest absolute Gasteiger partial charge is 0.497 e. The molecule has 90 valence electrons. The van der Waals surface area contributed by atoms with E-state index in [1.54, 1.807) is 49.4 Å². The van der Waals surface area contributed by atoms with Gasteiger partial charge < -0.3 is 15.6 Å². The molecule has 1 heterocycles. The van der Waals surface area contributed by atoms with E-state index in [1.807, 2.05) is 0 Å². The maximum atomic E-state index is 10.2. The number of aliphatic hydroxyl groups is 1. The SMILES string of the molecule is COc1ccc(N)c(C(O)c2cnn(C)c2)c1. The summed E-state index contributed by atoms with van der Waals surface area (Å²) in [5, 5.41) is 14.2. The average molecular weight is 233 g/mol. The molecule has 0 saturated carbocycles. The minimum absolute atomic E-state index is 0.530. The first kappa shape index (κ1) is 11.5. The third kappa shape index (κ3) is 2.24. The topological polar surface area (TPSA) is 73.3 Å². The molecule has 0 radical (unpaired) electrons. The minimum atomic E-state index is -0.793. The van der Waals surface area contributed by atoms with E-state index in [9.17, 15) is 5.11 Å². The number of hydrogen-bond acceptors (Lipinski definition) is 4. The van der Waals surface area contributed by atoms with Crippen LogP contribution in [0, 0.1) is 0 Å². The fourth-order valence-corrected chi connectivity index (χ4v) is 1.68. The second-order valence-corrected chi connectivity index (χ2v) is 3.84. The molecule has 3 N–H and O–H groups in total.